The summed E-state index contributed by atoms with van der Waals surface area (Å²) in [5.41, 5.74) is 0.898. The Morgan fingerprint density at radius 1 is 1.26 bits per heavy atom. The average molecular weight is 297 g/mol. The Morgan fingerprint density at radius 3 is 2.74 bits per heavy atom. The van der Waals surface area contributed by atoms with Gasteiger partial charge in [0.15, 0.2) is 0 Å². The van der Waals surface area contributed by atoms with Crippen molar-refractivity contribution in [3.05, 3.63) is 52.3 Å². The number of anilines is 1. The zero-order chi connectivity index (χ0) is 13.8. The molecule has 0 unspecified atom stereocenters. The third-order valence-corrected chi connectivity index (χ3v) is 2.83. The largest absolute Gasteiger partial charge is 0.496 e. The van der Waals surface area contributed by atoms with Crippen LogP contribution in [-0.2, 0) is 0 Å². The second-order valence-electron chi connectivity index (χ2n) is 3.67. The molecule has 1 N–H and O–H groups in total. The molecule has 0 saturated carbocycles. The van der Waals surface area contributed by atoms with E-state index in [0.717, 1.165) is 0 Å². The molecule has 6 heteroatoms. The molecule has 19 heavy (non-hydrogen) atoms. The summed E-state index contributed by atoms with van der Waals surface area (Å²) >= 11 is 11.6. The first kappa shape index (κ1) is 13.6. The molecular weight excluding hydrogens is 287 g/mol. The van der Waals surface area contributed by atoms with Crippen LogP contribution in [0, 0.1) is 0 Å². The lowest BCUT2D eigenvalue weighted by Gasteiger charge is -2.09. The number of amides is 1. The number of halogens is 2. The number of hydrogen-bond donors (Lipinski definition) is 1. The first-order valence-electron chi connectivity index (χ1n) is 5.36. The van der Waals surface area contributed by atoms with Gasteiger partial charge in [-0.3, -0.25) is 4.79 Å². The molecule has 0 aliphatic carbocycles. The van der Waals surface area contributed by atoms with Crippen LogP contribution in [-0.4, -0.2) is 18.0 Å². The number of carbonyl (C=O) groups is 1. The number of carbonyl (C=O) groups excluding carboxylic acids is 1. The maximum atomic E-state index is 12.1. The fourth-order valence-corrected chi connectivity index (χ4v) is 1.88. The van der Waals surface area contributed by atoms with E-state index in [1.54, 1.807) is 30.3 Å². The van der Waals surface area contributed by atoms with Crippen LogP contribution in [0.1, 0.15) is 10.4 Å². The summed E-state index contributed by atoms with van der Waals surface area (Å²) in [4.78, 5) is 16.0. The highest BCUT2D eigenvalue weighted by Gasteiger charge is 2.13. The van der Waals surface area contributed by atoms with E-state index in [0.29, 0.717) is 27.2 Å². The monoisotopic (exact) mass is 296 g/mol. The van der Waals surface area contributed by atoms with Gasteiger partial charge in [0.05, 0.1) is 12.7 Å². The highest BCUT2D eigenvalue weighted by molar-refractivity contribution is 6.31. The lowest BCUT2D eigenvalue weighted by atomic mass is 10.2. The summed E-state index contributed by atoms with van der Waals surface area (Å²) in [6.45, 7) is 0. The molecule has 0 saturated heterocycles. The normalized spacial score (nSPS) is 10.1. The smallest absolute Gasteiger partial charge is 0.259 e. The van der Waals surface area contributed by atoms with Crippen molar-refractivity contribution < 1.29 is 9.53 Å². The van der Waals surface area contributed by atoms with Crippen molar-refractivity contribution >= 4 is 34.8 Å². The van der Waals surface area contributed by atoms with E-state index in [1.165, 1.54) is 13.3 Å². The molecule has 0 atom stereocenters. The number of pyridine rings is 1. The summed E-state index contributed by atoms with van der Waals surface area (Å²) in [6, 6.07) is 8.02. The van der Waals surface area contributed by atoms with Crippen molar-refractivity contribution in [2.24, 2.45) is 0 Å². The molecule has 0 bridgehead atoms. The van der Waals surface area contributed by atoms with Gasteiger partial charge < -0.3 is 10.1 Å². The van der Waals surface area contributed by atoms with E-state index in [1.807, 2.05) is 0 Å². The van der Waals surface area contributed by atoms with Gasteiger partial charge in [0.1, 0.15) is 10.9 Å². The minimum absolute atomic E-state index is 0.302. The second kappa shape index (κ2) is 5.91. The van der Waals surface area contributed by atoms with E-state index < -0.39 is 0 Å². The van der Waals surface area contributed by atoms with E-state index in [4.69, 9.17) is 27.9 Å². The third kappa shape index (κ3) is 3.36. The van der Waals surface area contributed by atoms with Crippen LogP contribution in [0.15, 0.2) is 36.5 Å². The van der Waals surface area contributed by atoms with Gasteiger partial charge in [-0.25, -0.2) is 4.98 Å². The first-order chi connectivity index (χ1) is 9.10. The van der Waals surface area contributed by atoms with Crippen molar-refractivity contribution in [3.63, 3.8) is 0 Å². The van der Waals surface area contributed by atoms with Crippen molar-refractivity contribution in [2.45, 2.75) is 0 Å². The van der Waals surface area contributed by atoms with E-state index in [9.17, 15) is 4.79 Å². The molecule has 0 aliphatic rings. The average Bonchev–Trinajstić information content (AvgIpc) is 2.38. The fourth-order valence-electron chi connectivity index (χ4n) is 1.54. The number of rotatable bonds is 3. The van der Waals surface area contributed by atoms with E-state index in [-0.39, 0.29) is 5.91 Å². The van der Waals surface area contributed by atoms with Crippen LogP contribution in [0.25, 0.3) is 0 Å². The van der Waals surface area contributed by atoms with Crippen molar-refractivity contribution in [1.82, 2.24) is 4.98 Å². The molecule has 1 aromatic heterocycles. The minimum Gasteiger partial charge on any atom is -0.496 e. The maximum Gasteiger partial charge on any atom is 0.259 e. The van der Waals surface area contributed by atoms with Crippen molar-refractivity contribution in [3.8, 4) is 5.75 Å². The molecule has 0 radical (unpaired) electrons. The van der Waals surface area contributed by atoms with Gasteiger partial charge in [-0.1, -0.05) is 23.2 Å². The Bertz CT molecular complexity index is 617. The number of methoxy groups -OCH3 is 1. The van der Waals surface area contributed by atoms with Crippen molar-refractivity contribution in [2.75, 3.05) is 12.4 Å². The van der Waals surface area contributed by atoms with Gasteiger partial charge >= 0.3 is 0 Å². The van der Waals surface area contributed by atoms with Crippen molar-refractivity contribution in [1.29, 1.82) is 0 Å². The molecule has 1 aromatic carbocycles. The lowest BCUT2D eigenvalue weighted by Crippen LogP contribution is -2.13. The minimum atomic E-state index is -0.332. The van der Waals surface area contributed by atoms with E-state index in [2.05, 4.69) is 10.3 Å². The number of nitrogens with one attached hydrogen (secondary N) is 1. The molecule has 1 amide bonds. The topological polar surface area (TPSA) is 51.2 Å². The Kier molecular flexibility index (Phi) is 4.24. The predicted octanol–water partition coefficient (Wildman–Crippen LogP) is 3.65. The predicted molar refractivity (Wildman–Crippen MR) is 75.2 cm³/mol. The van der Waals surface area contributed by atoms with Crippen LogP contribution in [0.4, 0.5) is 5.69 Å². The van der Waals surface area contributed by atoms with Gasteiger partial charge in [0, 0.05) is 16.9 Å². The highest BCUT2D eigenvalue weighted by Crippen LogP contribution is 2.24. The molecule has 0 aliphatic heterocycles. The van der Waals surface area contributed by atoms with Gasteiger partial charge in [0.25, 0.3) is 5.91 Å². The van der Waals surface area contributed by atoms with Crippen LogP contribution in [0.5, 0.6) is 5.75 Å². The summed E-state index contributed by atoms with van der Waals surface area (Å²) in [7, 11) is 1.49. The van der Waals surface area contributed by atoms with Gasteiger partial charge in [-0.15, -0.1) is 0 Å². The summed E-state index contributed by atoms with van der Waals surface area (Å²) in [5, 5.41) is 3.46. The number of hydrogen-bond acceptors (Lipinski definition) is 3. The standard InChI is InChI=1S/C13H10Cl2N2O2/c1-19-11-3-2-8(14)6-10(11)13(18)17-9-4-5-16-12(15)7-9/h2-7H,1H3,(H,16,17,18). The highest BCUT2D eigenvalue weighted by atomic mass is 35.5. The number of nitrogens with zero attached hydrogens (tertiary/aromatic N) is 1. The molecule has 0 fully saturated rings. The molecule has 98 valence electrons. The molecular formula is C13H10Cl2N2O2. The van der Waals surface area contributed by atoms with Crippen LogP contribution >= 0.6 is 23.2 Å². The third-order valence-electron chi connectivity index (χ3n) is 2.39. The molecule has 1 heterocycles. The van der Waals surface area contributed by atoms with Crippen LogP contribution in [0.2, 0.25) is 10.2 Å². The summed E-state index contributed by atoms with van der Waals surface area (Å²) < 4.78 is 5.13. The van der Waals surface area contributed by atoms with Gasteiger partial charge in [-0.2, -0.15) is 0 Å². The first-order valence-corrected chi connectivity index (χ1v) is 6.12. The maximum absolute atomic E-state index is 12.1. The zero-order valence-electron chi connectivity index (χ0n) is 9.98. The molecule has 2 aromatic rings. The lowest BCUT2D eigenvalue weighted by molar-refractivity contribution is 0.102. The quantitative estimate of drug-likeness (QED) is 0.880. The Labute approximate surface area is 120 Å². The zero-order valence-corrected chi connectivity index (χ0v) is 11.5. The molecule has 2 rings (SSSR count). The number of aromatic nitrogens is 1. The summed E-state index contributed by atoms with van der Waals surface area (Å²) in [6.07, 6.45) is 1.51. The van der Waals surface area contributed by atoms with Gasteiger partial charge in [-0.05, 0) is 30.3 Å². The fraction of sp³-hybridized carbons (Fsp3) is 0.0769. The Morgan fingerprint density at radius 2 is 2.05 bits per heavy atom. The van der Waals surface area contributed by atoms with E-state index >= 15 is 0 Å². The van der Waals surface area contributed by atoms with Crippen LogP contribution in [0.3, 0.4) is 0 Å². The second-order valence-corrected chi connectivity index (χ2v) is 4.49. The Balaban J connectivity index is 2.27. The molecule has 0 spiro atoms. The number of benzene rings is 1. The summed E-state index contributed by atoms with van der Waals surface area (Å²) in [5.74, 6) is 0.115. The number of ether oxygens (including phenoxy) is 1. The Hall–Kier alpha value is -1.78. The SMILES string of the molecule is COc1ccc(Cl)cc1C(=O)Nc1ccnc(Cl)c1. The van der Waals surface area contributed by atoms with Gasteiger partial charge in [0.2, 0.25) is 0 Å². The molecule has 4 nitrogen and oxygen atoms in total. The van der Waals surface area contributed by atoms with Crippen LogP contribution < -0.4 is 10.1 Å².